The number of amides is 1. The predicted octanol–water partition coefficient (Wildman–Crippen LogP) is -0.922. The van der Waals surface area contributed by atoms with Gasteiger partial charge in [0.1, 0.15) is 0 Å². The second-order valence-electron chi connectivity index (χ2n) is 2.72. The van der Waals surface area contributed by atoms with E-state index >= 15 is 0 Å². The van der Waals surface area contributed by atoms with Crippen molar-refractivity contribution in [3.8, 4) is 0 Å². The van der Waals surface area contributed by atoms with E-state index < -0.39 is 0 Å². The smallest absolute Gasteiger partial charge is 0.252 e. The summed E-state index contributed by atoms with van der Waals surface area (Å²) in [5, 5.41) is 4.09. The Hall–Kier alpha value is -0.610. The van der Waals surface area contributed by atoms with E-state index in [0.717, 1.165) is 6.54 Å². The maximum Gasteiger partial charge on any atom is 0.252 e. The van der Waals surface area contributed by atoms with E-state index in [9.17, 15) is 4.79 Å². The third-order valence-electron chi connectivity index (χ3n) is 1.58. The van der Waals surface area contributed by atoms with Crippen LogP contribution in [0.15, 0.2) is 0 Å². The van der Waals surface area contributed by atoms with Crippen molar-refractivity contribution in [2.24, 2.45) is 0 Å². The van der Waals surface area contributed by atoms with Crippen LogP contribution in [0.5, 0.6) is 0 Å². The van der Waals surface area contributed by atoms with Gasteiger partial charge in [-0.1, -0.05) is 0 Å². The van der Waals surface area contributed by atoms with Gasteiger partial charge in [-0.3, -0.25) is 4.79 Å². The van der Waals surface area contributed by atoms with Gasteiger partial charge in [0.2, 0.25) is 0 Å². The molecule has 0 aromatic carbocycles. The highest BCUT2D eigenvalue weighted by Crippen LogP contribution is 1.99. The topological polar surface area (TPSA) is 43.6 Å². The Morgan fingerprint density at radius 2 is 2.36 bits per heavy atom. The molecule has 63 valence electrons. The Labute approximate surface area is 66.5 Å². The molecule has 0 saturated carbocycles. The van der Waals surface area contributed by atoms with Gasteiger partial charge >= 0.3 is 0 Å². The average molecular weight is 157 g/mol. The van der Waals surface area contributed by atoms with Crippen molar-refractivity contribution in [1.82, 2.24) is 10.2 Å². The van der Waals surface area contributed by atoms with Crippen LogP contribution in [-0.2, 0) is 9.53 Å². The lowest BCUT2D eigenvalue weighted by Gasteiger charge is -2.24. The second kappa shape index (κ2) is 3.69. The number of carbonyl (C=O) groups is 1. The first kappa shape index (κ1) is 8.49. The molecule has 1 unspecified atom stereocenters. The van der Waals surface area contributed by atoms with Crippen LogP contribution in [0.3, 0.4) is 0 Å². The molecule has 1 rings (SSSR count). The minimum absolute atomic E-state index is 0.00782. The molecule has 4 heteroatoms. The van der Waals surface area contributed by atoms with Crippen LogP contribution in [0.4, 0.5) is 0 Å². The summed E-state index contributed by atoms with van der Waals surface area (Å²) >= 11 is 0. The molecular formula is C7H13N2O2. The summed E-state index contributed by atoms with van der Waals surface area (Å²) in [5.41, 5.74) is 0. The molecule has 1 saturated heterocycles. The maximum absolute atomic E-state index is 11.2. The first-order chi connectivity index (χ1) is 5.22. The number of rotatable bonds is 1. The Bertz CT molecular complexity index is 141. The van der Waals surface area contributed by atoms with Gasteiger partial charge in [0, 0.05) is 27.2 Å². The Morgan fingerprint density at radius 1 is 1.64 bits per heavy atom. The standard InChI is InChI=1S/C7H13N2O2/c1-9(2)7(10)6-5-8-3-4-11-6/h6H,3-5H2,1-2H3. The van der Waals surface area contributed by atoms with Crippen molar-refractivity contribution in [2.75, 3.05) is 33.8 Å². The lowest BCUT2D eigenvalue weighted by molar-refractivity contribution is -0.142. The predicted molar refractivity (Wildman–Crippen MR) is 40.3 cm³/mol. The number of nitrogens with zero attached hydrogens (tertiary/aromatic N) is 2. The van der Waals surface area contributed by atoms with Crippen molar-refractivity contribution in [1.29, 1.82) is 0 Å². The molecule has 0 aromatic heterocycles. The Balaban J connectivity index is 2.39. The zero-order valence-corrected chi connectivity index (χ0v) is 6.91. The third-order valence-corrected chi connectivity index (χ3v) is 1.58. The molecular weight excluding hydrogens is 144 g/mol. The number of likely N-dealkylation sites (N-methyl/N-ethyl adjacent to an activating group) is 1. The number of carbonyl (C=O) groups excluding carboxylic acids is 1. The Kier molecular flexibility index (Phi) is 2.84. The molecule has 1 aliphatic heterocycles. The summed E-state index contributed by atoms with van der Waals surface area (Å²) in [6.07, 6.45) is -0.334. The van der Waals surface area contributed by atoms with Gasteiger partial charge in [-0.15, -0.1) is 0 Å². The number of hydrogen-bond donors (Lipinski definition) is 0. The first-order valence-corrected chi connectivity index (χ1v) is 3.68. The maximum atomic E-state index is 11.2. The fourth-order valence-corrected chi connectivity index (χ4v) is 0.958. The summed E-state index contributed by atoms with van der Waals surface area (Å²) in [7, 11) is 3.45. The fraction of sp³-hybridized carbons (Fsp3) is 0.857. The average Bonchev–Trinajstić information content (AvgIpc) is 2.05. The van der Waals surface area contributed by atoms with Crippen LogP contribution in [0.25, 0.3) is 0 Å². The molecule has 4 nitrogen and oxygen atoms in total. The summed E-state index contributed by atoms with van der Waals surface area (Å²) in [6, 6.07) is 0. The monoisotopic (exact) mass is 157 g/mol. The summed E-state index contributed by atoms with van der Waals surface area (Å²) in [5.74, 6) is 0.00782. The van der Waals surface area contributed by atoms with Crippen molar-refractivity contribution in [3.05, 3.63) is 0 Å². The number of morpholine rings is 1. The quantitative estimate of drug-likeness (QED) is 0.494. The molecule has 1 radical (unpaired) electrons. The van der Waals surface area contributed by atoms with E-state index in [1.165, 1.54) is 4.90 Å². The van der Waals surface area contributed by atoms with Crippen LogP contribution in [0.1, 0.15) is 0 Å². The molecule has 1 fully saturated rings. The van der Waals surface area contributed by atoms with E-state index in [2.05, 4.69) is 5.32 Å². The first-order valence-electron chi connectivity index (χ1n) is 3.68. The highest BCUT2D eigenvalue weighted by molar-refractivity contribution is 5.80. The molecule has 1 heterocycles. The molecule has 11 heavy (non-hydrogen) atoms. The van der Waals surface area contributed by atoms with E-state index in [-0.39, 0.29) is 12.0 Å². The molecule has 0 spiro atoms. The van der Waals surface area contributed by atoms with Crippen LogP contribution < -0.4 is 5.32 Å². The SMILES string of the molecule is CN(C)C(=O)C1C[N]CCO1. The fourth-order valence-electron chi connectivity index (χ4n) is 0.958. The van der Waals surface area contributed by atoms with Crippen LogP contribution in [0.2, 0.25) is 0 Å². The van der Waals surface area contributed by atoms with Gasteiger partial charge in [0.05, 0.1) is 6.61 Å². The van der Waals surface area contributed by atoms with Crippen LogP contribution >= 0.6 is 0 Å². The molecule has 1 atom stereocenters. The van der Waals surface area contributed by atoms with E-state index in [4.69, 9.17) is 4.74 Å². The minimum Gasteiger partial charge on any atom is -0.366 e. The van der Waals surface area contributed by atoms with E-state index in [1.807, 2.05) is 0 Å². The lowest BCUT2D eigenvalue weighted by atomic mass is 10.3. The molecule has 1 amide bonds. The van der Waals surface area contributed by atoms with Gasteiger partial charge in [-0.25, -0.2) is 5.32 Å². The zero-order chi connectivity index (χ0) is 8.27. The summed E-state index contributed by atoms with van der Waals surface area (Å²) < 4.78 is 5.22. The molecule has 0 aromatic rings. The molecule has 0 aliphatic carbocycles. The highest BCUT2D eigenvalue weighted by atomic mass is 16.5. The lowest BCUT2D eigenvalue weighted by Crippen LogP contribution is -2.44. The van der Waals surface area contributed by atoms with Crippen molar-refractivity contribution >= 4 is 5.91 Å². The van der Waals surface area contributed by atoms with Crippen molar-refractivity contribution in [3.63, 3.8) is 0 Å². The van der Waals surface area contributed by atoms with Crippen LogP contribution in [0, 0.1) is 0 Å². The number of ether oxygens (including phenoxy) is 1. The van der Waals surface area contributed by atoms with Crippen molar-refractivity contribution < 1.29 is 9.53 Å². The highest BCUT2D eigenvalue weighted by Gasteiger charge is 2.23. The second-order valence-corrected chi connectivity index (χ2v) is 2.72. The zero-order valence-electron chi connectivity index (χ0n) is 6.91. The minimum atomic E-state index is -0.334. The molecule has 0 bridgehead atoms. The number of hydrogen-bond acceptors (Lipinski definition) is 2. The normalized spacial score (nSPS) is 24.7. The van der Waals surface area contributed by atoms with Crippen LogP contribution in [-0.4, -0.2) is 50.7 Å². The van der Waals surface area contributed by atoms with Gasteiger partial charge in [-0.2, -0.15) is 0 Å². The van der Waals surface area contributed by atoms with Gasteiger partial charge < -0.3 is 9.64 Å². The Morgan fingerprint density at radius 3 is 2.82 bits per heavy atom. The molecule has 1 aliphatic rings. The van der Waals surface area contributed by atoms with E-state index in [0.29, 0.717) is 13.2 Å². The van der Waals surface area contributed by atoms with E-state index in [1.54, 1.807) is 14.1 Å². The van der Waals surface area contributed by atoms with Gasteiger partial charge in [-0.05, 0) is 0 Å². The largest absolute Gasteiger partial charge is 0.366 e. The molecule has 0 N–H and O–H groups in total. The third kappa shape index (κ3) is 2.17. The summed E-state index contributed by atoms with van der Waals surface area (Å²) in [4.78, 5) is 12.8. The summed E-state index contributed by atoms with van der Waals surface area (Å²) in [6.45, 7) is 1.80. The van der Waals surface area contributed by atoms with Gasteiger partial charge in [0.15, 0.2) is 6.10 Å². The van der Waals surface area contributed by atoms with Crippen molar-refractivity contribution in [2.45, 2.75) is 6.10 Å². The van der Waals surface area contributed by atoms with Gasteiger partial charge in [0.25, 0.3) is 5.91 Å².